The summed E-state index contributed by atoms with van der Waals surface area (Å²) in [5.74, 6) is -1.68. The van der Waals surface area contributed by atoms with E-state index in [4.69, 9.17) is 5.11 Å². The standard InChI is InChI=1S/C8H6F2INO3/c1-15-5-3(6(9)10)2-12-7(11)4(5)8(13)14/h2,6H,1H3,(H,13,14). The van der Waals surface area contributed by atoms with Crippen LogP contribution in [-0.2, 0) is 0 Å². The van der Waals surface area contributed by atoms with Gasteiger partial charge in [-0.05, 0) is 22.6 Å². The number of hydrogen-bond donors (Lipinski definition) is 1. The third-order valence-corrected chi connectivity index (χ3v) is 2.48. The minimum absolute atomic E-state index is 0.112. The Morgan fingerprint density at radius 3 is 2.67 bits per heavy atom. The number of pyridine rings is 1. The highest BCUT2D eigenvalue weighted by Gasteiger charge is 2.24. The normalized spacial score (nSPS) is 10.5. The molecule has 0 aliphatic rings. The Morgan fingerprint density at radius 1 is 1.67 bits per heavy atom. The lowest BCUT2D eigenvalue weighted by Gasteiger charge is -2.10. The third-order valence-electron chi connectivity index (χ3n) is 1.67. The molecule has 0 radical (unpaired) electrons. The van der Waals surface area contributed by atoms with Gasteiger partial charge in [-0.3, -0.25) is 0 Å². The van der Waals surface area contributed by atoms with Crippen LogP contribution in [0.3, 0.4) is 0 Å². The second-order valence-corrected chi connectivity index (χ2v) is 3.54. The topological polar surface area (TPSA) is 59.4 Å². The Kier molecular flexibility index (Phi) is 3.77. The van der Waals surface area contributed by atoms with Gasteiger partial charge in [-0.25, -0.2) is 18.6 Å². The molecule has 0 aliphatic carbocycles. The van der Waals surface area contributed by atoms with Gasteiger partial charge >= 0.3 is 5.97 Å². The number of ether oxygens (including phenoxy) is 1. The molecule has 15 heavy (non-hydrogen) atoms. The summed E-state index contributed by atoms with van der Waals surface area (Å²) in [5, 5.41) is 8.81. The molecule has 0 fully saturated rings. The van der Waals surface area contributed by atoms with Gasteiger partial charge in [0.25, 0.3) is 6.43 Å². The lowest BCUT2D eigenvalue weighted by Crippen LogP contribution is -2.08. The summed E-state index contributed by atoms with van der Waals surface area (Å²) >= 11 is 1.65. The Hall–Kier alpha value is -0.990. The van der Waals surface area contributed by atoms with Crippen molar-refractivity contribution >= 4 is 28.6 Å². The average molecular weight is 329 g/mol. The van der Waals surface area contributed by atoms with Crippen molar-refractivity contribution in [2.45, 2.75) is 6.43 Å². The first-order chi connectivity index (χ1) is 6.99. The van der Waals surface area contributed by atoms with Gasteiger partial charge in [0, 0.05) is 6.20 Å². The fourth-order valence-corrected chi connectivity index (χ4v) is 1.66. The summed E-state index contributed by atoms with van der Waals surface area (Å²) < 4.78 is 29.7. The lowest BCUT2D eigenvalue weighted by atomic mass is 10.2. The smallest absolute Gasteiger partial charge is 0.342 e. The molecule has 1 rings (SSSR count). The van der Waals surface area contributed by atoms with E-state index in [1.165, 1.54) is 0 Å². The largest absolute Gasteiger partial charge is 0.495 e. The van der Waals surface area contributed by atoms with Crippen LogP contribution in [0.5, 0.6) is 5.75 Å². The molecule has 82 valence electrons. The first kappa shape index (κ1) is 12.1. The molecule has 4 nitrogen and oxygen atoms in total. The monoisotopic (exact) mass is 329 g/mol. The quantitative estimate of drug-likeness (QED) is 0.683. The Labute approximate surface area is 97.4 Å². The molecular formula is C8H6F2INO3. The summed E-state index contributed by atoms with van der Waals surface area (Å²) in [7, 11) is 1.14. The SMILES string of the molecule is COc1c(C(F)F)cnc(I)c1C(=O)O. The summed E-state index contributed by atoms with van der Waals surface area (Å²) in [6.45, 7) is 0. The van der Waals surface area contributed by atoms with E-state index in [0.717, 1.165) is 13.3 Å². The number of hydrogen-bond acceptors (Lipinski definition) is 3. The Balaban J connectivity index is 3.47. The molecule has 7 heteroatoms. The van der Waals surface area contributed by atoms with Crippen LogP contribution in [-0.4, -0.2) is 23.2 Å². The first-order valence-corrected chi connectivity index (χ1v) is 4.80. The fourth-order valence-electron chi connectivity index (χ4n) is 1.05. The van der Waals surface area contributed by atoms with E-state index in [-0.39, 0.29) is 15.0 Å². The summed E-state index contributed by atoms with van der Waals surface area (Å²) in [6, 6.07) is 0. The Bertz CT molecular complexity index is 398. The second kappa shape index (κ2) is 4.69. The van der Waals surface area contributed by atoms with Crippen LogP contribution < -0.4 is 4.74 Å². The van der Waals surface area contributed by atoms with Crippen LogP contribution in [0, 0.1) is 3.70 Å². The van der Waals surface area contributed by atoms with Crippen molar-refractivity contribution < 1.29 is 23.4 Å². The average Bonchev–Trinajstić information content (AvgIpc) is 2.15. The van der Waals surface area contributed by atoms with Crippen LogP contribution >= 0.6 is 22.6 Å². The van der Waals surface area contributed by atoms with E-state index in [0.29, 0.717) is 0 Å². The number of alkyl halides is 2. The molecule has 0 amide bonds. The predicted octanol–water partition coefficient (Wildman–Crippen LogP) is 2.33. The van der Waals surface area contributed by atoms with Crippen molar-refractivity contribution in [3.05, 3.63) is 21.0 Å². The number of nitrogens with zero attached hydrogens (tertiary/aromatic N) is 1. The zero-order valence-electron chi connectivity index (χ0n) is 7.50. The number of rotatable bonds is 3. The summed E-state index contributed by atoms with van der Waals surface area (Å²) in [4.78, 5) is 14.4. The molecule has 0 atom stereocenters. The van der Waals surface area contributed by atoms with Crippen molar-refractivity contribution in [3.63, 3.8) is 0 Å². The third kappa shape index (κ3) is 2.33. The van der Waals surface area contributed by atoms with Gasteiger partial charge in [-0.15, -0.1) is 0 Å². The maximum absolute atomic E-state index is 12.5. The lowest BCUT2D eigenvalue weighted by molar-refractivity contribution is 0.0690. The van der Waals surface area contributed by atoms with Gasteiger partial charge in [0.2, 0.25) is 0 Å². The molecule has 0 aliphatic heterocycles. The maximum Gasteiger partial charge on any atom is 0.342 e. The van der Waals surface area contributed by atoms with Gasteiger partial charge in [0.15, 0.2) is 0 Å². The highest BCUT2D eigenvalue weighted by Crippen LogP contribution is 2.33. The second-order valence-electron chi connectivity index (χ2n) is 2.52. The van der Waals surface area contributed by atoms with Crippen LogP contribution in [0.2, 0.25) is 0 Å². The number of carboxylic acids is 1. The summed E-state index contributed by atoms with van der Waals surface area (Å²) in [5.41, 5.74) is -0.855. The molecule has 0 saturated heterocycles. The minimum Gasteiger partial charge on any atom is -0.495 e. The highest BCUT2D eigenvalue weighted by atomic mass is 127. The molecule has 1 aromatic rings. The van der Waals surface area contributed by atoms with Gasteiger partial charge in [0.1, 0.15) is 15.0 Å². The van der Waals surface area contributed by atoms with Gasteiger partial charge in [-0.1, -0.05) is 0 Å². The molecule has 0 saturated carbocycles. The van der Waals surface area contributed by atoms with E-state index >= 15 is 0 Å². The Morgan fingerprint density at radius 2 is 2.27 bits per heavy atom. The van der Waals surface area contributed by atoms with Crippen molar-refractivity contribution in [3.8, 4) is 5.75 Å². The van der Waals surface area contributed by atoms with E-state index in [1.807, 2.05) is 0 Å². The predicted molar refractivity (Wildman–Crippen MR) is 55.4 cm³/mol. The number of aromatic carboxylic acids is 1. The molecule has 0 aromatic carbocycles. The van der Waals surface area contributed by atoms with Crippen molar-refractivity contribution in [1.82, 2.24) is 4.98 Å². The van der Waals surface area contributed by atoms with Crippen molar-refractivity contribution in [1.29, 1.82) is 0 Å². The molecular weight excluding hydrogens is 323 g/mol. The number of carboxylic acid groups (broad SMARTS) is 1. The van der Waals surface area contributed by atoms with Crippen LogP contribution in [0.15, 0.2) is 6.20 Å². The van der Waals surface area contributed by atoms with Crippen molar-refractivity contribution in [2.75, 3.05) is 7.11 Å². The van der Waals surface area contributed by atoms with E-state index < -0.39 is 18.0 Å². The maximum atomic E-state index is 12.5. The fraction of sp³-hybridized carbons (Fsp3) is 0.250. The molecule has 1 heterocycles. The molecule has 0 bridgehead atoms. The zero-order chi connectivity index (χ0) is 11.6. The highest BCUT2D eigenvalue weighted by molar-refractivity contribution is 14.1. The number of methoxy groups -OCH3 is 1. The van der Waals surface area contributed by atoms with E-state index in [1.54, 1.807) is 22.6 Å². The van der Waals surface area contributed by atoms with Gasteiger partial charge in [0.05, 0.1) is 12.7 Å². The number of carbonyl (C=O) groups is 1. The number of aromatic nitrogens is 1. The van der Waals surface area contributed by atoms with Crippen LogP contribution in [0.4, 0.5) is 8.78 Å². The van der Waals surface area contributed by atoms with Crippen LogP contribution in [0.25, 0.3) is 0 Å². The van der Waals surface area contributed by atoms with E-state index in [2.05, 4.69) is 9.72 Å². The minimum atomic E-state index is -2.82. The molecule has 1 N–H and O–H groups in total. The molecule has 0 spiro atoms. The molecule has 1 aromatic heterocycles. The number of halogens is 3. The van der Waals surface area contributed by atoms with Gasteiger partial charge < -0.3 is 9.84 Å². The summed E-state index contributed by atoms with van der Waals surface area (Å²) in [6.07, 6.45) is -1.90. The first-order valence-electron chi connectivity index (χ1n) is 3.72. The molecule has 0 unspecified atom stereocenters. The zero-order valence-corrected chi connectivity index (χ0v) is 9.66. The van der Waals surface area contributed by atoms with Crippen LogP contribution in [0.1, 0.15) is 22.3 Å². The van der Waals surface area contributed by atoms with Gasteiger partial charge in [-0.2, -0.15) is 0 Å². The van der Waals surface area contributed by atoms with Crippen molar-refractivity contribution in [2.24, 2.45) is 0 Å². The van der Waals surface area contributed by atoms with E-state index in [9.17, 15) is 13.6 Å².